The maximum absolute atomic E-state index is 13.4. The second kappa shape index (κ2) is 9.95. The number of amides is 1. The van der Waals surface area contributed by atoms with Gasteiger partial charge in [-0.25, -0.2) is 8.42 Å². The second-order valence-electron chi connectivity index (χ2n) is 7.26. The van der Waals surface area contributed by atoms with Crippen LogP contribution in [0.1, 0.15) is 32.0 Å². The number of benzene rings is 2. The molecule has 33 heavy (non-hydrogen) atoms. The molecule has 176 valence electrons. The van der Waals surface area contributed by atoms with Crippen LogP contribution in [0.2, 0.25) is 0 Å². The van der Waals surface area contributed by atoms with Crippen molar-refractivity contribution in [2.75, 3.05) is 23.3 Å². The number of nitrogens with one attached hydrogen (secondary N) is 2. The van der Waals surface area contributed by atoms with Gasteiger partial charge in [-0.05, 0) is 57.0 Å². The summed E-state index contributed by atoms with van der Waals surface area (Å²) in [5.41, 5.74) is 2.38. The van der Waals surface area contributed by atoms with Crippen molar-refractivity contribution >= 4 is 27.5 Å². The minimum Gasteiger partial charge on any atom is -0.494 e. The molecule has 2 N–H and O–H groups in total. The molecule has 0 aliphatic rings. The van der Waals surface area contributed by atoms with Gasteiger partial charge in [0, 0.05) is 13.0 Å². The summed E-state index contributed by atoms with van der Waals surface area (Å²) < 4.78 is 45.7. The van der Waals surface area contributed by atoms with E-state index < -0.39 is 10.0 Å². The van der Waals surface area contributed by atoms with E-state index >= 15 is 0 Å². The Kier molecular flexibility index (Phi) is 7.27. The molecule has 0 aliphatic heterocycles. The molecule has 9 nitrogen and oxygen atoms in total. The van der Waals surface area contributed by atoms with Crippen LogP contribution in [-0.2, 0) is 14.8 Å². The SMILES string of the molecule is CCOc1ccc(OCC)c(NS(=O)(=O)c2cc(-c3c(C)noc3NC(C)=O)ccc2C)c1. The smallest absolute Gasteiger partial charge is 0.262 e. The van der Waals surface area contributed by atoms with Crippen molar-refractivity contribution in [3.8, 4) is 22.6 Å². The van der Waals surface area contributed by atoms with E-state index in [9.17, 15) is 13.2 Å². The monoisotopic (exact) mass is 473 g/mol. The first-order valence-electron chi connectivity index (χ1n) is 10.4. The zero-order valence-electron chi connectivity index (χ0n) is 19.2. The van der Waals surface area contributed by atoms with E-state index in [0.29, 0.717) is 47.1 Å². The van der Waals surface area contributed by atoms with Crippen LogP contribution in [0, 0.1) is 13.8 Å². The Bertz CT molecular complexity index is 1270. The quantitative estimate of drug-likeness (QED) is 0.469. The van der Waals surface area contributed by atoms with Crippen molar-refractivity contribution in [2.24, 2.45) is 0 Å². The molecule has 2 aromatic carbocycles. The van der Waals surface area contributed by atoms with Crippen LogP contribution in [0.3, 0.4) is 0 Å². The number of aryl methyl sites for hydroxylation is 2. The van der Waals surface area contributed by atoms with Crippen LogP contribution in [-0.4, -0.2) is 32.7 Å². The Morgan fingerprint density at radius 3 is 2.45 bits per heavy atom. The molecular weight excluding hydrogens is 446 g/mol. The van der Waals surface area contributed by atoms with Gasteiger partial charge in [0.15, 0.2) is 0 Å². The van der Waals surface area contributed by atoms with E-state index in [1.54, 1.807) is 44.2 Å². The summed E-state index contributed by atoms with van der Waals surface area (Å²) in [5, 5.41) is 6.48. The van der Waals surface area contributed by atoms with E-state index in [0.717, 1.165) is 0 Å². The first kappa shape index (κ1) is 24.1. The van der Waals surface area contributed by atoms with Crippen molar-refractivity contribution < 1.29 is 27.2 Å². The van der Waals surface area contributed by atoms with Gasteiger partial charge >= 0.3 is 0 Å². The molecular formula is C23H27N3O6S. The Hall–Kier alpha value is -3.53. The predicted molar refractivity (Wildman–Crippen MR) is 125 cm³/mol. The lowest BCUT2D eigenvalue weighted by molar-refractivity contribution is -0.114. The number of rotatable bonds is 9. The summed E-state index contributed by atoms with van der Waals surface area (Å²) >= 11 is 0. The van der Waals surface area contributed by atoms with Gasteiger partial charge < -0.3 is 14.0 Å². The van der Waals surface area contributed by atoms with Crippen molar-refractivity contribution in [3.63, 3.8) is 0 Å². The Morgan fingerprint density at radius 1 is 1.06 bits per heavy atom. The lowest BCUT2D eigenvalue weighted by atomic mass is 10.0. The summed E-state index contributed by atoms with van der Waals surface area (Å²) in [5.74, 6) is 0.736. The van der Waals surface area contributed by atoms with Crippen LogP contribution in [0.25, 0.3) is 11.1 Å². The summed E-state index contributed by atoms with van der Waals surface area (Å²) in [7, 11) is -4.00. The summed E-state index contributed by atoms with van der Waals surface area (Å²) in [6, 6.07) is 9.93. The summed E-state index contributed by atoms with van der Waals surface area (Å²) in [6.45, 7) is 9.24. The van der Waals surface area contributed by atoms with Crippen LogP contribution < -0.4 is 19.5 Å². The molecule has 10 heteroatoms. The van der Waals surface area contributed by atoms with Gasteiger partial charge in [-0.2, -0.15) is 0 Å². The fourth-order valence-corrected chi connectivity index (χ4v) is 4.66. The largest absolute Gasteiger partial charge is 0.494 e. The summed E-state index contributed by atoms with van der Waals surface area (Å²) in [6.07, 6.45) is 0. The van der Waals surface area contributed by atoms with Crippen LogP contribution in [0.4, 0.5) is 11.6 Å². The van der Waals surface area contributed by atoms with Gasteiger partial charge in [0.05, 0.1) is 35.1 Å². The maximum atomic E-state index is 13.4. The Morgan fingerprint density at radius 2 is 1.79 bits per heavy atom. The highest BCUT2D eigenvalue weighted by Gasteiger charge is 2.23. The third-order valence-electron chi connectivity index (χ3n) is 4.72. The maximum Gasteiger partial charge on any atom is 0.262 e. The molecule has 0 saturated heterocycles. The average Bonchev–Trinajstić information content (AvgIpc) is 3.09. The number of sulfonamides is 1. The fourth-order valence-electron chi connectivity index (χ4n) is 3.33. The normalized spacial score (nSPS) is 11.2. The lowest BCUT2D eigenvalue weighted by Gasteiger charge is -2.16. The van der Waals surface area contributed by atoms with Crippen molar-refractivity contribution in [2.45, 2.75) is 39.5 Å². The van der Waals surface area contributed by atoms with Gasteiger partial charge in [-0.1, -0.05) is 17.3 Å². The van der Waals surface area contributed by atoms with E-state index in [4.69, 9.17) is 14.0 Å². The molecule has 1 heterocycles. The van der Waals surface area contributed by atoms with Gasteiger partial charge in [0.25, 0.3) is 10.0 Å². The van der Waals surface area contributed by atoms with E-state index in [1.165, 1.54) is 13.0 Å². The molecule has 0 spiro atoms. The Labute approximate surface area is 193 Å². The molecule has 0 aliphatic carbocycles. The molecule has 0 atom stereocenters. The third kappa shape index (κ3) is 5.46. The molecule has 0 saturated carbocycles. The number of anilines is 2. The van der Waals surface area contributed by atoms with Crippen LogP contribution in [0.15, 0.2) is 45.8 Å². The van der Waals surface area contributed by atoms with E-state index in [2.05, 4.69) is 15.2 Å². The number of hydrogen-bond donors (Lipinski definition) is 2. The van der Waals surface area contributed by atoms with Gasteiger partial charge in [0.1, 0.15) is 11.5 Å². The average molecular weight is 474 g/mol. The number of carbonyl (C=O) groups excluding carboxylic acids is 1. The molecule has 1 aromatic heterocycles. The van der Waals surface area contributed by atoms with Crippen LogP contribution in [0.5, 0.6) is 11.5 Å². The van der Waals surface area contributed by atoms with Gasteiger partial charge in [-0.3, -0.25) is 14.8 Å². The van der Waals surface area contributed by atoms with Gasteiger partial charge in [0.2, 0.25) is 11.8 Å². The van der Waals surface area contributed by atoms with Crippen LogP contribution >= 0.6 is 0 Å². The molecule has 0 bridgehead atoms. The highest BCUT2D eigenvalue weighted by atomic mass is 32.2. The number of aromatic nitrogens is 1. The van der Waals surface area contributed by atoms with Crippen molar-refractivity contribution in [3.05, 3.63) is 47.7 Å². The minimum atomic E-state index is -4.00. The molecule has 1 amide bonds. The molecule has 3 aromatic rings. The highest BCUT2D eigenvalue weighted by molar-refractivity contribution is 7.92. The fraction of sp³-hybridized carbons (Fsp3) is 0.304. The molecule has 0 unspecified atom stereocenters. The minimum absolute atomic E-state index is 0.0682. The molecule has 0 fully saturated rings. The van der Waals surface area contributed by atoms with E-state index in [1.807, 2.05) is 13.8 Å². The number of ether oxygens (including phenoxy) is 2. The van der Waals surface area contributed by atoms with Crippen molar-refractivity contribution in [1.82, 2.24) is 5.16 Å². The van der Waals surface area contributed by atoms with Gasteiger partial charge in [-0.15, -0.1) is 0 Å². The number of carbonyl (C=O) groups is 1. The molecule has 0 radical (unpaired) electrons. The van der Waals surface area contributed by atoms with Crippen molar-refractivity contribution in [1.29, 1.82) is 0 Å². The first-order chi connectivity index (χ1) is 15.7. The number of hydrogen-bond acceptors (Lipinski definition) is 7. The first-order valence-corrected chi connectivity index (χ1v) is 11.9. The second-order valence-corrected chi connectivity index (χ2v) is 8.91. The topological polar surface area (TPSA) is 120 Å². The predicted octanol–water partition coefficient (Wildman–Crippen LogP) is 4.52. The zero-order valence-corrected chi connectivity index (χ0v) is 20.0. The molecule has 3 rings (SSSR count). The number of nitrogens with zero attached hydrogens (tertiary/aromatic N) is 1. The zero-order chi connectivity index (χ0) is 24.2. The van der Waals surface area contributed by atoms with E-state index in [-0.39, 0.29) is 22.4 Å². The highest BCUT2D eigenvalue weighted by Crippen LogP contribution is 2.35. The lowest BCUT2D eigenvalue weighted by Crippen LogP contribution is -2.15. The Balaban J connectivity index is 2.05. The standard InChI is InChI=1S/C23H27N3O6S/c1-6-30-18-10-11-20(31-7-2)19(13-18)26-33(28,29)21-12-17(9-8-14(21)3)22-15(4)25-32-23(22)24-16(5)27/h8-13,26H,6-7H2,1-5H3,(H,24,27). The summed E-state index contributed by atoms with van der Waals surface area (Å²) in [4.78, 5) is 11.6. The third-order valence-corrected chi connectivity index (χ3v) is 6.23.